The van der Waals surface area contributed by atoms with E-state index in [4.69, 9.17) is 0 Å². The summed E-state index contributed by atoms with van der Waals surface area (Å²) >= 11 is 0. The molecule has 6 nitrogen and oxygen atoms in total. The van der Waals surface area contributed by atoms with E-state index < -0.39 is 17.1 Å². The Morgan fingerprint density at radius 2 is 1.53 bits per heavy atom. The number of allylic oxidation sites excluding steroid dienone is 1. The van der Waals surface area contributed by atoms with Crippen LogP contribution in [0.5, 0.6) is 0 Å². The second kappa shape index (κ2) is 6.67. The van der Waals surface area contributed by atoms with E-state index in [2.05, 4.69) is 6.58 Å². The average Bonchev–Trinajstić information content (AvgIpc) is 2.22. The molecule has 1 aromatic rings. The fourth-order valence-electron chi connectivity index (χ4n) is 1.31. The van der Waals surface area contributed by atoms with Gasteiger partial charge in [-0.1, -0.05) is 20.9 Å². The van der Waals surface area contributed by atoms with Crippen LogP contribution in [-0.4, -0.2) is 13.7 Å². The molecule has 0 spiro atoms. The zero-order valence-corrected chi connectivity index (χ0v) is 8.77. The second-order valence-corrected chi connectivity index (χ2v) is 3.05. The highest BCUT2D eigenvalue weighted by atomic mass is 16.2. The van der Waals surface area contributed by atoms with Gasteiger partial charge in [0.2, 0.25) is 0 Å². The van der Waals surface area contributed by atoms with Crippen LogP contribution in [0.1, 0.15) is 21.8 Å². The normalized spacial score (nSPS) is 9.06. The molecule has 0 radical (unpaired) electrons. The molecule has 1 rings (SSSR count). The lowest BCUT2D eigenvalue weighted by molar-refractivity contribution is 0.504. The van der Waals surface area contributed by atoms with Gasteiger partial charge in [-0.25, -0.2) is 28.1 Å². The molecule has 0 aliphatic rings. The average molecular weight is 243 g/mol. The summed E-state index contributed by atoms with van der Waals surface area (Å²) in [5, 5.41) is 0. The Labute approximate surface area is 100 Å². The zero-order valence-electron chi connectivity index (χ0n) is 8.77. The lowest BCUT2D eigenvalue weighted by Crippen LogP contribution is -2.53. The quantitative estimate of drug-likeness (QED) is 0.712. The summed E-state index contributed by atoms with van der Waals surface area (Å²) in [6.07, 6.45) is 1.44. The van der Waals surface area contributed by atoms with Gasteiger partial charge in [-0.15, -0.1) is 6.58 Å². The minimum absolute atomic E-state index is 0. The third-order valence-corrected chi connectivity index (χ3v) is 2.13. The monoisotopic (exact) mass is 243 g/mol. The molecule has 0 saturated carbocycles. The van der Waals surface area contributed by atoms with Crippen LogP contribution in [0.2, 0.25) is 0 Å². The largest absolute Gasteiger partial charge is 0.336 e. The molecule has 6 heteroatoms. The maximum atomic E-state index is 11.6. The van der Waals surface area contributed by atoms with E-state index in [1.165, 1.54) is 13.1 Å². The van der Waals surface area contributed by atoms with Gasteiger partial charge in [0.25, 0.3) is 0 Å². The molecule has 98 valence electrons. The van der Waals surface area contributed by atoms with Crippen molar-refractivity contribution in [2.45, 2.75) is 34.9 Å². The molecule has 0 aliphatic heterocycles. The third kappa shape index (κ3) is 2.83. The van der Waals surface area contributed by atoms with Gasteiger partial charge in [0.05, 0.1) is 6.54 Å². The first kappa shape index (κ1) is 17.5. The van der Waals surface area contributed by atoms with Gasteiger partial charge < -0.3 is 0 Å². The van der Waals surface area contributed by atoms with E-state index in [0.717, 1.165) is 13.7 Å². The first-order chi connectivity index (χ1) is 7.04. The van der Waals surface area contributed by atoms with E-state index in [1.807, 2.05) is 0 Å². The molecule has 0 atom stereocenters. The first-order valence-electron chi connectivity index (χ1n) is 4.56. The van der Waals surface area contributed by atoms with Crippen molar-refractivity contribution in [3.8, 4) is 0 Å². The van der Waals surface area contributed by atoms with Crippen molar-refractivity contribution in [1.82, 2.24) is 13.7 Å². The Balaban J connectivity index is 0. The Hall–Kier alpha value is -1.85. The lowest BCUT2D eigenvalue weighted by atomic mass is 10.6. The molecular weight excluding hydrogens is 222 g/mol. The molecule has 0 aromatic carbocycles. The van der Waals surface area contributed by atoms with Crippen molar-refractivity contribution in [2.75, 3.05) is 0 Å². The van der Waals surface area contributed by atoms with Crippen LogP contribution < -0.4 is 17.1 Å². The van der Waals surface area contributed by atoms with Crippen LogP contribution in [0.25, 0.3) is 0 Å². The maximum Gasteiger partial charge on any atom is 0.336 e. The van der Waals surface area contributed by atoms with Crippen LogP contribution in [0.15, 0.2) is 27.0 Å². The Kier molecular flexibility index (Phi) is 6.88. The highest BCUT2D eigenvalue weighted by molar-refractivity contribution is 4.80. The molecule has 0 saturated heterocycles. The van der Waals surface area contributed by atoms with Gasteiger partial charge in [-0.05, 0) is 6.92 Å². The van der Waals surface area contributed by atoms with Crippen LogP contribution in [0, 0.1) is 0 Å². The van der Waals surface area contributed by atoms with Crippen LogP contribution in [0.4, 0.5) is 0 Å². The van der Waals surface area contributed by atoms with Gasteiger partial charge in [0.15, 0.2) is 0 Å². The number of rotatable bonds is 3. The number of hydrogen-bond acceptors (Lipinski definition) is 3. The van der Waals surface area contributed by atoms with Crippen LogP contribution >= 0.6 is 0 Å². The van der Waals surface area contributed by atoms with E-state index in [1.54, 1.807) is 6.92 Å². The lowest BCUT2D eigenvalue weighted by Gasteiger charge is -2.08. The summed E-state index contributed by atoms with van der Waals surface area (Å²) in [5.74, 6) is 0. The highest BCUT2D eigenvalue weighted by Gasteiger charge is 2.09. The van der Waals surface area contributed by atoms with Gasteiger partial charge >= 0.3 is 17.1 Å². The zero-order chi connectivity index (χ0) is 11.6. The van der Waals surface area contributed by atoms with Crippen molar-refractivity contribution >= 4 is 0 Å². The van der Waals surface area contributed by atoms with Crippen LogP contribution in [0.3, 0.4) is 0 Å². The number of aromatic nitrogens is 3. The van der Waals surface area contributed by atoms with Gasteiger partial charge in [-0.3, -0.25) is 0 Å². The van der Waals surface area contributed by atoms with E-state index >= 15 is 0 Å². The molecule has 0 aliphatic carbocycles. The summed E-state index contributed by atoms with van der Waals surface area (Å²) in [6, 6.07) is 0. The molecule has 0 bridgehead atoms. The Morgan fingerprint density at radius 1 is 1.06 bits per heavy atom. The fraction of sp³-hybridized carbons (Fsp3) is 0.545. The summed E-state index contributed by atoms with van der Waals surface area (Å²) in [4.78, 5) is 34.7. The van der Waals surface area contributed by atoms with Gasteiger partial charge in [0.1, 0.15) is 0 Å². The maximum absolute atomic E-state index is 11.6. The van der Waals surface area contributed by atoms with Crippen molar-refractivity contribution < 1.29 is 0 Å². The van der Waals surface area contributed by atoms with Crippen molar-refractivity contribution in [1.29, 1.82) is 0 Å². The Morgan fingerprint density at radius 3 is 1.94 bits per heavy atom. The van der Waals surface area contributed by atoms with E-state index in [-0.39, 0.29) is 27.9 Å². The predicted octanol–water partition coefficient (Wildman–Crippen LogP) is 0.187. The summed E-state index contributed by atoms with van der Waals surface area (Å²) in [5.41, 5.74) is -1.80. The Bertz CT molecular complexity index is 549. The second-order valence-electron chi connectivity index (χ2n) is 3.05. The molecule has 0 unspecified atom stereocenters. The summed E-state index contributed by atoms with van der Waals surface area (Å²) in [6.45, 7) is 5.46. The number of nitrogens with zero attached hydrogens (tertiary/aromatic N) is 3. The van der Waals surface area contributed by atoms with Gasteiger partial charge in [-0.2, -0.15) is 0 Å². The molecule has 1 aromatic heterocycles. The molecule has 1 heterocycles. The van der Waals surface area contributed by atoms with Crippen molar-refractivity contribution in [3.63, 3.8) is 0 Å². The molecule has 17 heavy (non-hydrogen) atoms. The number of hydrogen-bond donors (Lipinski definition) is 0. The first-order valence-corrected chi connectivity index (χ1v) is 4.56. The summed E-state index contributed by atoms with van der Waals surface area (Å²) in [7, 11) is 1.34. The minimum Gasteiger partial charge on any atom is -0.248 e. The van der Waals surface area contributed by atoms with E-state index in [9.17, 15) is 14.4 Å². The van der Waals surface area contributed by atoms with Crippen molar-refractivity contribution in [3.05, 3.63) is 44.1 Å². The third-order valence-electron chi connectivity index (χ3n) is 2.13. The standard InChI is InChI=1S/C9H13N3O3.2CH4/c1-4-6-12-8(14)10(3)7(13)11(5-2)9(12)15;;/h4H,1,5-6H2,2-3H3;2*1H4. The highest BCUT2D eigenvalue weighted by Crippen LogP contribution is 1.74. The fourth-order valence-corrected chi connectivity index (χ4v) is 1.31. The smallest absolute Gasteiger partial charge is 0.248 e. The predicted molar refractivity (Wildman–Crippen MR) is 69.5 cm³/mol. The van der Waals surface area contributed by atoms with Gasteiger partial charge in [0, 0.05) is 13.6 Å². The summed E-state index contributed by atoms with van der Waals surface area (Å²) < 4.78 is 2.89. The molecule has 0 amide bonds. The topological polar surface area (TPSA) is 66.0 Å². The SMILES string of the molecule is C.C.C=CCn1c(=O)n(C)c(=O)n(CC)c1=O. The minimum atomic E-state index is -0.616. The van der Waals surface area contributed by atoms with E-state index in [0.29, 0.717) is 0 Å². The molecular formula is C11H21N3O3. The molecule has 0 N–H and O–H groups in total. The van der Waals surface area contributed by atoms with Crippen LogP contribution in [-0.2, 0) is 20.1 Å². The van der Waals surface area contributed by atoms with Crippen molar-refractivity contribution in [2.24, 2.45) is 7.05 Å². The molecule has 0 fully saturated rings.